The van der Waals surface area contributed by atoms with E-state index in [4.69, 9.17) is 39.0 Å². The SMILES string of the molecule is CS(=O)(=O)c1ccc(Cl)c(S(=O)(=O)Oc2ccc(Cl)c(Cl)c2)c1. The molecular formula is C13H9Cl3O5S2. The lowest BCUT2D eigenvalue weighted by Crippen LogP contribution is -2.11. The van der Waals surface area contributed by atoms with Gasteiger partial charge in [0, 0.05) is 12.3 Å². The molecule has 23 heavy (non-hydrogen) atoms. The van der Waals surface area contributed by atoms with E-state index < -0.39 is 24.9 Å². The van der Waals surface area contributed by atoms with Crippen molar-refractivity contribution >= 4 is 54.8 Å². The molecule has 0 aromatic heterocycles. The van der Waals surface area contributed by atoms with Crippen molar-refractivity contribution in [3.8, 4) is 5.75 Å². The molecule has 0 amide bonds. The number of sulfone groups is 1. The second-order valence-electron chi connectivity index (χ2n) is 4.48. The third kappa shape index (κ3) is 4.30. The highest BCUT2D eigenvalue weighted by Gasteiger charge is 2.23. The minimum Gasteiger partial charge on any atom is -0.379 e. The van der Waals surface area contributed by atoms with Gasteiger partial charge in [0.15, 0.2) is 9.84 Å². The zero-order valence-electron chi connectivity index (χ0n) is 11.5. The van der Waals surface area contributed by atoms with Crippen molar-refractivity contribution in [1.29, 1.82) is 0 Å². The first-order valence-electron chi connectivity index (χ1n) is 5.90. The number of rotatable bonds is 4. The summed E-state index contributed by atoms with van der Waals surface area (Å²) in [6.07, 6.45) is 0.951. The minimum absolute atomic E-state index is 0.0831. The van der Waals surface area contributed by atoms with Crippen LogP contribution in [0.1, 0.15) is 0 Å². The van der Waals surface area contributed by atoms with Crippen molar-refractivity contribution in [2.75, 3.05) is 6.26 Å². The summed E-state index contributed by atoms with van der Waals surface area (Å²) >= 11 is 17.4. The van der Waals surface area contributed by atoms with Crippen molar-refractivity contribution in [2.45, 2.75) is 9.79 Å². The van der Waals surface area contributed by atoms with Gasteiger partial charge in [-0.25, -0.2) is 8.42 Å². The average molecular weight is 416 g/mol. The van der Waals surface area contributed by atoms with Crippen LogP contribution in [0.5, 0.6) is 5.75 Å². The Morgan fingerprint density at radius 1 is 0.826 bits per heavy atom. The third-order valence-corrected chi connectivity index (χ3v) is 6.28. The van der Waals surface area contributed by atoms with Gasteiger partial charge in [0.2, 0.25) is 0 Å². The van der Waals surface area contributed by atoms with E-state index in [9.17, 15) is 16.8 Å². The zero-order valence-corrected chi connectivity index (χ0v) is 15.4. The fourth-order valence-corrected chi connectivity index (χ4v) is 4.04. The molecule has 2 aromatic carbocycles. The van der Waals surface area contributed by atoms with Crippen LogP contribution in [0.2, 0.25) is 15.1 Å². The minimum atomic E-state index is -4.35. The van der Waals surface area contributed by atoms with Gasteiger partial charge in [-0.3, -0.25) is 0 Å². The third-order valence-electron chi connectivity index (χ3n) is 2.70. The molecule has 0 aliphatic rings. The molecule has 124 valence electrons. The highest BCUT2D eigenvalue weighted by molar-refractivity contribution is 7.90. The monoisotopic (exact) mass is 414 g/mol. The van der Waals surface area contributed by atoms with Crippen LogP contribution >= 0.6 is 34.8 Å². The molecule has 0 spiro atoms. The Bertz CT molecular complexity index is 969. The fraction of sp³-hybridized carbons (Fsp3) is 0.0769. The molecule has 10 heteroatoms. The van der Waals surface area contributed by atoms with Crippen molar-refractivity contribution in [3.63, 3.8) is 0 Å². The topological polar surface area (TPSA) is 77.5 Å². The van der Waals surface area contributed by atoms with Crippen LogP contribution in [0.15, 0.2) is 46.2 Å². The predicted octanol–water partition coefficient (Wildman–Crippen LogP) is 3.82. The van der Waals surface area contributed by atoms with Gasteiger partial charge in [-0.1, -0.05) is 34.8 Å². The second kappa shape index (κ2) is 6.49. The van der Waals surface area contributed by atoms with Gasteiger partial charge < -0.3 is 4.18 Å². The number of benzene rings is 2. The van der Waals surface area contributed by atoms with E-state index >= 15 is 0 Å². The highest BCUT2D eigenvalue weighted by Crippen LogP contribution is 2.30. The molecule has 5 nitrogen and oxygen atoms in total. The van der Waals surface area contributed by atoms with Gasteiger partial charge >= 0.3 is 10.1 Å². The highest BCUT2D eigenvalue weighted by atomic mass is 35.5. The molecule has 0 saturated heterocycles. The quantitative estimate of drug-likeness (QED) is 0.709. The van der Waals surface area contributed by atoms with Crippen LogP contribution in [0.4, 0.5) is 0 Å². The molecule has 0 saturated carbocycles. The van der Waals surface area contributed by atoms with Gasteiger partial charge in [0.1, 0.15) is 10.6 Å². The lowest BCUT2D eigenvalue weighted by molar-refractivity contribution is 0.486. The van der Waals surface area contributed by atoms with E-state index in [1.54, 1.807) is 0 Å². The Kier molecular flexibility index (Phi) is 5.18. The summed E-state index contributed by atoms with van der Waals surface area (Å²) in [6, 6.07) is 7.20. The van der Waals surface area contributed by atoms with Crippen LogP contribution in [0, 0.1) is 0 Å². The summed E-state index contributed by atoms with van der Waals surface area (Å²) < 4.78 is 52.7. The van der Waals surface area contributed by atoms with Crippen LogP contribution in [-0.4, -0.2) is 23.1 Å². The summed E-state index contributed by atoms with van der Waals surface area (Å²) in [5, 5.41) is 0.168. The Balaban J connectivity index is 2.49. The second-order valence-corrected chi connectivity index (χ2v) is 9.23. The largest absolute Gasteiger partial charge is 0.379 e. The molecule has 0 bridgehead atoms. The van der Waals surface area contributed by atoms with E-state index in [0.29, 0.717) is 0 Å². The fourth-order valence-electron chi connectivity index (χ4n) is 1.61. The Morgan fingerprint density at radius 2 is 1.43 bits per heavy atom. The van der Waals surface area contributed by atoms with Gasteiger partial charge in [-0.15, -0.1) is 0 Å². The maximum Gasteiger partial charge on any atom is 0.340 e. The zero-order chi connectivity index (χ0) is 17.4. The van der Waals surface area contributed by atoms with Gasteiger partial charge in [-0.2, -0.15) is 8.42 Å². The van der Waals surface area contributed by atoms with Crippen LogP contribution in [0.3, 0.4) is 0 Å². The molecule has 0 heterocycles. The maximum absolute atomic E-state index is 12.3. The Hall–Kier alpha value is -0.990. The molecule has 0 atom stereocenters. The molecule has 0 unspecified atom stereocenters. The molecule has 0 fully saturated rings. The molecule has 0 radical (unpaired) electrons. The Labute approximate surface area is 148 Å². The molecule has 0 N–H and O–H groups in total. The molecular weight excluding hydrogens is 407 g/mol. The van der Waals surface area contributed by atoms with Crippen molar-refractivity contribution in [1.82, 2.24) is 0 Å². The molecule has 0 aliphatic heterocycles. The smallest absolute Gasteiger partial charge is 0.340 e. The summed E-state index contributed by atoms with van der Waals surface area (Å²) in [5.41, 5.74) is 0. The first-order chi connectivity index (χ1) is 10.5. The standard InChI is InChI=1S/C13H9Cl3O5S2/c1-22(17,18)9-3-5-11(15)13(7-9)23(19,20)21-8-2-4-10(14)12(16)6-8/h2-7H,1H3. The van der Waals surface area contributed by atoms with E-state index in [2.05, 4.69) is 0 Å². The lowest BCUT2D eigenvalue weighted by Gasteiger charge is -2.10. The first kappa shape index (κ1) is 18.4. The Morgan fingerprint density at radius 3 is 2.00 bits per heavy atom. The normalized spacial score (nSPS) is 12.2. The van der Waals surface area contributed by atoms with Gasteiger partial charge in [0.05, 0.1) is 20.0 Å². The molecule has 0 aliphatic carbocycles. The first-order valence-corrected chi connectivity index (χ1v) is 10.3. The lowest BCUT2D eigenvalue weighted by atomic mass is 10.3. The number of halogens is 3. The van der Waals surface area contributed by atoms with Gasteiger partial charge in [0.25, 0.3) is 0 Å². The molecule has 2 rings (SSSR count). The predicted molar refractivity (Wildman–Crippen MR) is 88.8 cm³/mol. The van der Waals surface area contributed by atoms with Crippen LogP contribution in [-0.2, 0) is 20.0 Å². The average Bonchev–Trinajstić information content (AvgIpc) is 2.41. The van der Waals surface area contributed by atoms with Crippen LogP contribution in [0.25, 0.3) is 0 Å². The van der Waals surface area contributed by atoms with Crippen molar-refractivity contribution in [3.05, 3.63) is 51.5 Å². The van der Waals surface area contributed by atoms with E-state index in [1.807, 2.05) is 0 Å². The van der Waals surface area contributed by atoms with Crippen molar-refractivity contribution in [2.24, 2.45) is 0 Å². The van der Waals surface area contributed by atoms with E-state index in [0.717, 1.165) is 12.3 Å². The van der Waals surface area contributed by atoms with Gasteiger partial charge in [-0.05, 0) is 30.3 Å². The van der Waals surface area contributed by atoms with E-state index in [-0.39, 0.29) is 25.7 Å². The maximum atomic E-state index is 12.3. The molecule has 2 aromatic rings. The van der Waals surface area contributed by atoms with Crippen molar-refractivity contribution < 1.29 is 21.0 Å². The van der Waals surface area contributed by atoms with E-state index in [1.165, 1.54) is 30.3 Å². The van der Waals surface area contributed by atoms with Crippen LogP contribution < -0.4 is 4.18 Å². The summed E-state index contributed by atoms with van der Waals surface area (Å²) in [4.78, 5) is -0.661. The summed E-state index contributed by atoms with van der Waals surface area (Å²) in [5.74, 6) is -0.0831. The summed E-state index contributed by atoms with van der Waals surface area (Å²) in [6.45, 7) is 0. The summed E-state index contributed by atoms with van der Waals surface area (Å²) in [7, 11) is -7.96. The number of hydrogen-bond donors (Lipinski definition) is 0. The number of hydrogen-bond acceptors (Lipinski definition) is 5.